The van der Waals surface area contributed by atoms with E-state index in [1.807, 2.05) is 13.0 Å². The molecule has 0 spiro atoms. The lowest BCUT2D eigenvalue weighted by Crippen LogP contribution is -1.72. The first kappa shape index (κ1) is 7.86. The summed E-state index contributed by atoms with van der Waals surface area (Å²) in [6.45, 7) is 1.85. The molecule has 2 rings (SSSR count). The monoisotopic (exact) mass is 176 g/mol. The molecule has 2 aromatic rings. The molecule has 0 saturated carbocycles. The Morgan fingerprint density at radius 3 is 2.69 bits per heavy atom. The zero-order valence-corrected chi connectivity index (χ0v) is 7.11. The Kier molecular flexibility index (Phi) is 1.77. The van der Waals surface area contributed by atoms with E-state index in [4.69, 9.17) is 8.83 Å². The summed E-state index contributed by atoms with van der Waals surface area (Å²) < 4.78 is 10.3. The Bertz CT molecular complexity index is 423. The molecule has 0 aliphatic rings. The van der Waals surface area contributed by atoms with Gasteiger partial charge in [-0.05, 0) is 25.1 Å². The fourth-order valence-corrected chi connectivity index (χ4v) is 1.20. The number of hydrogen-bond acceptors (Lipinski definition) is 3. The second kappa shape index (κ2) is 2.94. The van der Waals surface area contributed by atoms with Gasteiger partial charge in [0.05, 0.1) is 11.8 Å². The van der Waals surface area contributed by atoms with Crippen LogP contribution in [-0.2, 0) is 0 Å². The number of aryl methyl sites for hydroxylation is 1. The molecule has 3 nitrogen and oxygen atoms in total. The molecule has 0 aromatic carbocycles. The SMILES string of the molecule is Cc1occc1-c1ccc(C=O)o1. The van der Waals surface area contributed by atoms with Crippen LogP contribution in [-0.4, -0.2) is 6.29 Å². The number of furan rings is 2. The Morgan fingerprint density at radius 2 is 2.15 bits per heavy atom. The van der Waals surface area contributed by atoms with Crippen LogP contribution in [0.15, 0.2) is 33.3 Å². The van der Waals surface area contributed by atoms with Crippen LogP contribution in [0.3, 0.4) is 0 Å². The van der Waals surface area contributed by atoms with Gasteiger partial charge in [-0.3, -0.25) is 4.79 Å². The van der Waals surface area contributed by atoms with Crippen molar-refractivity contribution in [3.8, 4) is 11.3 Å². The molecule has 3 heteroatoms. The van der Waals surface area contributed by atoms with Crippen molar-refractivity contribution < 1.29 is 13.6 Å². The van der Waals surface area contributed by atoms with Crippen molar-refractivity contribution in [3.63, 3.8) is 0 Å². The van der Waals surface area contributed by atoms with Crippen LogP contribution in [0.5, 0.6) is 0 Å². The summed E-state index contributed by atoms with van der Waals surface area (Å²) in [5, 5.41) is 0. The summed E-state index contributed by atoms with van der Waals surface area (Å²) >= 11 is 0. The summed E-state index contributed by atoms with van der Waals surface area (Å²) in [5.41, 5.74) is 0.883. The van der Waals surface area contributed by atoms with Gasteiger partial charge in [-0.15, -0.1) is 0 Å². The van der Waals surface area contributed by atoms with E-state index < -0.39 is 0 Å². The summed E-state index contributed by atoms with van der Waals surface area (Å²) in [5.74, 6) is 1.77. The smallest absolute Gasteiger partial charge is 0.185 e. The largest absolute Gasteiger partial charge is 0.469 e. The molecular formula is C10H8O3. The van der Waals surface area contributed by atoms with Crippen molar-refractivity contribution in [2.75, 3.05) is 0 Å². The molecule has 2 aromatic heterocycles. The molecule has 0 unspecified atom stereocenters. The van der Waals surface area contributed by atoms with E-state index in [0.717, 1.165) is 11.3 Å². The Hall–Kier alpha value is -1.77. The third kappa shape index (κ3) is 1.28. The van der Waals surface area contributed by atoms with Crippen molar-refractivity contribution in [2.24, 2.45) is 0 Å². The van der Waals surface area contributed by atoms with Gasteiger partial charge in [-0.25, -0.2) is 0 Å². The van der Waals surface area contributed by atoms with Crippen molar-refractivity contribution in [2.45, 2.75) is 6.92 Å². The van der Waals surface area contributed by atoms with E-state index in [0.29, 0.717) is 17.8 Å². The lowest BCUT2D eigenvalue weighted by Gasteiger charge is -1.91. The molecule has 66 valence electrons. The zero-order valence-electron chi connectivity index (χ0n) is 7.11. The molecule has 13 heavy (non-hydrogen) atoms. The first-order valence-electron chi connectivity index (χ1n) is 3.91. The quantitative estimate of drug-likeness (QED) is 0.660. The van der Waals surface area contributed by atoms with Crippen LogP contribution in [0.1, 0.15) is 16.3 Å². The summed E-state index contributed by atoms with van der Waals surface area (Å²) in [6, 6.07) is 5.19. The van der Waals surface area contributed by atoms with Crippen molar-refractivity contribution >= 4 is 6.29 Å². The highest BCUT2D eigenvalue weighted by molar-refractivity contribution is 5.73. The molecule has 0 aliphatic heterocycles. The standard InChI is InChI=1S/C10H8O3/c1-7-9(4-5-12-7)10-3-2-8(6-11)13-10/h2-6H,1H3. The first-order valence-corrected chi connectivity index (χ1v) is 3.91. The highest BCUT2D eigenvalue weighted by atomic mass is 16.4. The van der Waals surface area contributed by atoms with Gasteiger partial charge >= 0.3 is 0 Å². The minimum absolute atomic E-state index is 0.329. The molecule has 2 heterocycles. The molecule has 0 saturated heterocycles. The minimum Gasteiger partial charge on any atom is -0.469 e. The van der Waals surface area contributed by atoms with Crippen LogP contribution >= 0.6 is 0 Å². The molecule has 0 radical (unpaired) electrons. The van der Waals surface area contributed by atoms with Gasteiger partial charge < -0.3 is 8.83 Å². The third-order valence-corrected chi connectivity index (χ3v) is 1.87. The Morgan fingerprint density at radius 1 is 1.31 bits per heavy atom. The van der Waals surface area contributed by atoms with Crippen LogP contribution < -0.4 is 0 Å². The maximum absolute atomic E-state index is 10.4. The molecule has 0 N–H and O–H groups in total. The highest BCUT2D eigenvalue weighted by Gasteiger charge is 2.08. The second-order valence-electron chi connectivity index (χ2n) is 2.71. The minimum atomic E-state index is 0.329. The second-order valence-corrected chi connectivity index (χ2v) is 2.71. The van der Waals surface area contributed by atoms with Crippen molar-refractivity contribution in [3.05, 3.63) is 36.0 Å². The van der Waals surface area contributed by atoms with Gasteiger partial charge in [-0.2, -0.15) is 0 Å². The number of hydrogen-bond donors (Lipinski definition) is 0. The topological polar surface area (TPSA) is 43.4 Å². The van der Waals surface area contributed by atoms with Gasteiger partial charge in [0.2, 0.25) is 0 Å². The van der Waals surface area contributed by atoms with E-state index in [9.17, 15) is 4.79 Å². The Labute approximate surface area is 75.0 Å². The van der Waals surface area contributed by atoms with E-state index in [-0.39, 0.29) is 0 Å². The predicted octanol–water partition coefficient (Wildman–Crippen LogP) is 2.66. The van der Waals surface area contributed by atoms with Crippen molar-refractivity contribution in [1.29, 1.82) is 0 Å². The van der Waals surface area contributed by atoms with Crippen LogP contribution in [0, 0.1) is 6.92 Å². The van der Waals surface area contributed by atoms with Gasteiger partial charge in [-0.1, -0.05) is 0 Å². The summed E-state index contributed by atoms with van der Waals surface area (Å²) in [6.07, 6.45) is 2.27. The molecule has 0 atom stereocenters. The lowest BCUT2D eigenvalue weighted by atomic mass is 10.2. The summed E-state index contributed by atoms with van der Waals surface area (Å²) in [7, 11) is 0. The number of rotatable bonds is 2. The van der Waals surface area contributed by atoms with E-state index in [2.05, 4.69) is 0 Å². The number of carbonyl (C=O) groups is 1. The molecule has 0 bridgehead atoms. The fraction of sp³-hybridized carbons (Fsp3) is 0.100. The average molecular weight is 176 g/mol. The van der Waals surface area contributed by atoms with E-state index >= 15 is 0 Å². The van der Waals surface area contributed by atoms with Gasteiger partial charge in [0.15, 0.2) is 12.0 Å². The highest BCUT2D eigenvalue weighted by Crippen LogP contribution is 2.25. The maximum atomic E-state index is 10.4. The third-order valence-electron chi connectivity index (χ3n) is 1.87. The van der Waals surface area contributed by atoms with Crippen LogP contribution in [0.4, 0.5) is 0 Å². The zero-order chi connectivity index (χ0) is 9.26. The maximum Gasteiger partial charge on any atom is 0.185 e. The number of aldehydes is 1. The normalized spacial score (nSPS) is 10.2. The van der Waals surface area contributed by atoms with Gasteiger partial charge in [0.1, 0.15) is 11.5 Å². The van der Waals surface area contributed by atoms with Crippen LogP contribution in [0.25, 0.3) is 11.3 Å². The molecular weight excluding hydrogens is 168 g/mol. The number of carbonyl (C=O) groups excluding carboxylic acids is 1. The average Bonchev–Trinajstić information content (AvgIpc) is 2.71. The molecule has 0 amide bonds. The first-order chi connectivity index (χ1) is 6.31. The van der Waals surface area contributed by atoms with Gasteiger partial charge in [0.25, 0.3) is 0 Å². The lowest BCUT2D eigenvalue weighted by molar-refractivity contribution is 0.110. The summed E-state index contributed by atoms with van der Waals surface area (Å²) in [4.78, 5) is 10.4. The van der Waals surface area contributed by atoms with Crippen molar-refractivity contribution in [1.82, 2.24) is 0 Å². The fourth-order valence-electron chi connectivity index (χ4n) is 1.20. The predicted molar refractivity (Wildman–Crippen MR) is 46.5 cm³/mol. The van der Waals surface area contributed by atoms with E-state index in [1.165, 1.54) is 0 Å². The van der Waals surface area contributed by atoms with E-state index in [1.54, 1.807) is 18.4 Å². The molecule has 0 fully saturated rings. The van der Waals surface area contributed by atoms with Crippen LogP contribution in [0.2, 0.25) is 0 Å². The Balaban J connectivity index is 2.46. The van der Waals surface area contributed by atoms with Gasteiger partial charge in [0, 0.05) is 0 Å². The molecule has 0 aliphatic carbocycles.